The van der Waals surface area contributed by atoms with Crippen LogP contribution in [0.5, 0.6) is 0 Å². The molecular weight excluding hydrogens is 454 g/mol. The Balaban J connectivity index is 1.45. The Bertz CT molecular complexity index is 1390. The normalized spacial score (nSPS) is 14.6. The van der Waals surface area contributed by atoms with Gasteiger partial charge in [-0.05, 0) is 48.2 Å². The summed E-state index contributed by atoms with van der Waals surface area (Å²) in [5.41, 5.74) is 7.28. The zero-order chi connectivity index (χ0) is 25.1. The van der Waals surface area contributed by atoms with Crippen molar-refractivity contribution in [2.75, 3.05) is 11.9 Å². The number of nitrogens with one attached hydrogen (secondary N) is 2. The van der Waals surface area contributed by atoms with E-state index in [1.54, 1.807) is 6.92 Å². The fourth-order valence-electron chi connectivity index (χ4n) is 4.61. The molecule has 4 aromatic rings. The molecule has 0 spiro atoms. The van der Waals surface area contributed by atoms with E-state index in [0.717, 1.165) is 52.2 Å². The zero-order valence-electron chi connectivity index (χ0n) is 20.7. The number of rotatable bonds is 8. The summed E-state index contributed by atoms with van der Waals surface area (Å²) in [7, 11) is 0. The van der Waals surface area contributed by atoms with E-state index in [1.807, 2.05) is 25.1 Å². The highest BCUT2D eigenvalue weighted by Crippen LogP contribution is 2.32. The Morgan fingerprint density at radius 3 is 2.53 bits per heavy atom. The average Bonchev–Trinajstić information content (AvgIpc) is 3.54. The molecule has 5 rings (SSSR count). The molecule has 1 atom stereocenters. The number of anilines is 1. The molecule has 2 aromatic carbocycles. The average molecular weight is 484 g/mol. The van der Waals surface area contributed by atoms with E-state index in [4.69, 9.17) is 4.74 Å². The van der Waals surface area contributed by atoms with E-state index >= 15 is 0 Å². The second-order valence-corrected chi connectivity index (χ2v) is 8.73. The van der Waals surface area contributed by atoms with Crippen LogP contribution in [0.2, 0.25) is 0 Å². The summed E-state index contributed by atoms with van der Waals surface area (Å²) in [5, 5.41) is 17.8. The van der Waals surface area contributed by atoms with Crippen molar-refractivity contribution in [1.82, 2.24) is 25.2 Å². The minimum atomic E-state index is -0.732. The Kier molecular flexibility index (Phi) is 6.62. The summed E-state index contributed by atoms with van der Waals surface area (Å²) in [6.45, 7) is 6.91. The molecule has 2 N–H and O–H groups in total. The molecule has 0 fully saturated rings. The van der Waals surface area contributed by atoms with Crippen LogP contribution in [0, 0.1) is 0 Å². The molecule has 0 bridgehead atoms. The van der Waals surface area contributed by atoms with Gasteiger partial charge < -0.3 is 14.6 Å². The Morgan fingerprint density at radius 1 is 1.06 bits per heavy atom. The monoisotopic (exact) mass is 483 g/mol. The molecule has 1 aliphatic rings. The van der Waals surface area contributed by atoms with Crippen LogP contribution in [-0.4, -0.2) is 49.6 Å². The predicted octanol–water partition coefficient (Wildman–Crippen LogP) is 4.46. The number of ether oxygens (including phenoxy) is 1. The highest BCUT2D eigenvalue weighted by Gasteiger charge is 2.28. The SMILES string of the molecule is CCCc1cc2c(n1Cc1ccc(-c3ccccc3-c3nn[nH]n3)cc1)NC(C(=O)OCC)N=C2C. The number of hydrogen-bond donors (Lipinski definition) is 2. The molecule has 0 amide bonds. The van der Waals surface area contributed by atoms with E-state index in [1.165, 1.54) is 5.69 Å². The first-order valence-corrected chi connectivity index (χ1v) is 12.2. The highest BCUT2D eigenvalue weighted by molar-refractivity contribution is 6.06. The lowest BCUT2D eigenvalue weighted by molar-refractivity contribution is -0.143. The smallest absolute Gasteiger partial charge is 0.351 e. The summed E-state index contributed by atoms with van der Waals surface area (Å²) in [4.78, 5) is 17.0. The van der Waals surface area contributed by atoms with E-state index in [0.29, 0.717) is 19.0 Å². The third-order valence-corrected chi connectivity index (χ3v) is 6.30. The summed E-state index contributed by atoms with van der Waals surface area (Å²) in [6, 6.07) is 18.7. The van der Waals surface area contributed by atoms with Crippen molar-refractivity contribution in [2.45, 2.75) is 46.3 Å². The maximum absolute atomic E-state index is 12.4. The van der Waals surface area contributed by atoms with E-state index in [2.05, 4.69) is 78.8 Å². The van der Waals surface area contributed by atoms with Gasteiger partial charge in [0.15, 0.2) is 0 Å². The van der Waals surface area contributed by atoms with Gasteiger partial charge in [-0.1, -0.05) is 61.9 Å². The van der Waals surface area contributed by atoms with Crippen LogP contribution in [-0.2, 0) is 22.5 Å². The summed E-state index contributed by atoms with van der Waals surface area (Å²) < 4.78 is 7.47. The first-order valence-electron chi connectivity index (χ1n) is 12.2. The number of tetrazole rings is 1. The first-order chi connectivity index (χ1) is 17.6. The fraction of sp³-hybridized carbons (Fsp3) is 0.296. The number of H-pyrrole nitrogens is 1. The minimum Gasteiger partial charge on any atom is -0.463 e. The van der Waals surface area contributed by atoms with Gasteiger partial charge in [-0.3, -0.25) is 4.99 Å². The van der Waals surface area contributed by atoms with Gasteiger partial charge in [-0.2, -0.15) is 5.21 Å². The summed E-state index contributed by atoms with van der Waals surface area (Å²) in [6.07, 6.45) is 1.22. The zero-order valence-corrected chi connectivity index (χ0v) is 20.7. The van der Waals surface area contributed by atoms with Gasteiger partial charge >= 0.3 is 5.97 Å². The third kappa shape index (κ3) is 4.51. The maximum atomic E-state index is 12.4. The van der Waals surface area contributed by atoms with Crippen molar-refractivity contribution in [3.05, 3.63) is 71.4 Å². The number of aliphatic imine (C=N–C) groups is 1. The number of carbonyl (C=O) groups excluding carboxylic acids is 1. The van der Waals surface area contributed by atoms with Crippen molar-refractivity contribution >= 4 is 17.5 Å². The van der Waals surface area contributed by atoms with Crippen LogP contribution in [0.3, 0.4) is 0 Å². The standard InChI is InChI=1S/C27H29N7O2/c1-4-8-20-15-23-17(3)28-25(27(35)36-5-2)29-26(23)34(20)16-18-11-13-19(14-12-18)21-9-6-7-10-22(21)24-30-32-33-31-24/h6-7,9-15,25,29H,4-5,8,16H2,1-3H3,(H,30,31,32,33). The van der Waals surface area contributed by atoms with Gasteiger partial charge in [0.25, 0.3) is 0 Å². The van der Waals surface area contributed by atoms with Crippen molar-refractivity contribution in [3.63, 3.8) is 0 Å². The molecule has 9 heteroatoms. The molecule has 0 saturated heterocycles. The molecule has 0 saturated carbocycles. The van der Waals surface area contributed by atoms with E-state index in [9.17, 15) is 4.79 Å². The van der Waals surface area contributed by atoms with Crippen LogP contribution >= 0.6 is 0 Å². The lowest BCUT2D eigenvalue weighted by Gasteiger charge is -2.23. The van der Waals surface area contributed by atoms with E-state index in [-0.39, 0.29) is 5.97 Å². The van der Waals surface area contributed by atoms with Crippen molar-refractivity contribution in [1.29, 1.82) is 0 Å². The number of hydrogen-bond acceptors (Lipinski definition) is 7. The molecule has 1 unspecified atom stereocenters. The number of aromatic amines is 1. The predicted molar refractivity (Wildman–Crippen MR) is 139 cm³/mol. The first kappa shape index (κ1) is 23.5. The molecule has 1 aliphatic heterocycles. The number of fused-ring (bicyclic) bond motifs is 1. The summed E-state index contributed by atoms with van der Waals surface area (Å²) >= 11 is 0. The van der Waals surface area contributed by atoms with Crippen LogP contribution in [0.1, 0.15) is 44.0 Å². The van der Waals surface area contributed by atoms with Crippen molar-refractivity contribution < 1.29 is 9.53 Å². The quantitative estimate of drug-likeness (QED) is 0.358. The molecule has 9 nitrogen and oxygen atoms in total. The Hall–Kier alpha value is -4.27. The van der Waals surface area contributed by atoms with Crippen LogP contribution in [0.15, 0.2) is 59.6 Å². The largest absolute Gasteiger partial charge is 0.463 e. The molecule has 0 radical (unpaired) electrons. The van der Waals surface area contributed by atoms with Gasteiger partial charge in [0, 0.05) is 29.1 Å². The number of aromatic nitrogens is 5. The molecule has 0 aliphatic carbocycles. The maximum Gasteiger partial charge on any atom is 0.351 e. The molecule has 2 aromatic heterocycles. The number of benzene rings is 2. The Labute approximate surface area is 209 Å². The van der Waals surface area contributed by atoms with Gasteiger partial charge in [0.2, 0.25) is 12.0 Å². The second kappa shape index (κ2) is 10.2. The molecule has 36 heavy (non-hydrogen) atoms. The fourth-order valence-corrected chi connectivity index (χ4v) is 4.61. The summed E-state index contributed by atoms with van der Waals surface area (Å²) in [5.74, 6) is 1.12. The number of nitrogens with zero attached hydrogens (tertiary/aromatic N) is 5. The second-order valence-electron chi connectivity index (χ2n) is 8.73. The van der Waals surface area contributed by atoms with Crippen molar-refractivity contribution in [3.8, 4) is 22.5 Å². The molecule has 184 valence electrons. The lowest BCUT2D eigenvalue weighted by atomic mass is 9.98. The lowest BCUT2D eigenvalue weighted by Crippen LogP contribution is -2.34. The highest BCUT2D eigenvalue weighted by atomic mass is 16.5. The topological polar surface area (TPSA) is 110 Å². The van der Waals surface area contributed by atoms with Gasteiger partial charge in [0.1, 0.15) is 5.82 Å². The van der Waals surface area contributed by atoms with Crippen molar-refractivity contribution in [2.24, 2.45) is 4.99 Å². The number of aryl methyl sites for hydroxylation is 1. The van der Waals surface area contributed by atoms with Crippen LogP contribution in [0.4, 0.5) is 5.82 Å². The molecular formula is C27H29N7O2. The number of carbonyl (C=O) groups is 1. The van der Waals surface area contributed by atoms with Gasteiger partial charge in [0.05, 0.1) is 6.61 Å². The van der Waals surface area contributed by atoms with E-state index < -0.39 is 6.17 Å². The van der Waals surface area contributed by atoms with Crippen LogP contribution in [0.25, 0.3) is 22.5 Å². The third-order valence-electron chi connectivity index (χ3n) is 6.30. The number of esters is 1. The van der Waals surface area contributed by atoms with Gasteiger partial charge in [-0.15, -0.1) is 10.2 Å². The molecule has 3 heterocycles. The van der Waals surface area contributed by atoms with Crippen LogP contribution < -0.4 is 5.32 Å². The Morgan fingerprint density at radius 2 is 1.83 bits per heavy atom. The minimum absolute atomic E-state index is 0.322. The van der Waals surface area contributed by atoms with Gasteiger partial charge in [-0.25, -0.2) is 4.79 Å².